The van der Waals surface area contributed by atoms with E-state index in [4.69, 9.17) is 8.83 Å². The summed E-state index contributed by atoms with van der Waals surface area (Å²) in [6.45, 7) is 0. The van der Waals surface area contributed by atoms with E-state index in [9.17, 15) is 0 Å². The van der Waals surface area contributed by atoms with Gasteiger partial charge in [0.15, 0.2) is 0 Å². The molecule has 0 bridgehead atoms. The van der Waals surface area contributed by atoms with Crippen molar-refractivity contribution in [1.82, 2.24) is 0 Å². The van der Waals surface area contributed by atoms with Gasteiger partial charge in [0.25, 0.3) is 0 Å². The van der Waals surface area contributed by atoms with Gasteiger partial charge in [-0.2, -0.15) is 0 Å². The molecule has 8 aromatic carbocycles. The Bertz CT molecular complexity index is 3050. The van der Waals surface area contributed by atoms with Gasteiger partial charge in [-0.15, -0.1) is 11.3 Å². The Balaban J connectivity index is 1.29. The number of furan rings is 2. The van der Waals surface area contributed by atoms with E-state index in [-0.39, 0.29) is 0 Å². The van der Waals surface area contributed by atoms with E-state index >= 15 is 0 Å². The molecule has 0 aliphatic carbocycles. The van der Waals surface area contributed by atoms with Gasteiger partial charge in [0, 0.05) is 53.2 Å². The first kappa shape index (κ1) is 26.9. The molecule has 49 heavy (non-hydrogen) atoms. The molecule has 0 saturated carbocycles. The Morgan fingerprint density at radius 2 is 1.00 bits per heavy atom. The minimum Gasteiger partial charge on any atom is -0.455 e. The molecule has 0 unspecified atom stereocenters. The highest BCUT2D eigenvalue weighted by molar-refractivity contribution is 7.26. The Hall–Kier alpha value is -6.16. The summed E-state index contributed by atoms with van der Waals surface area (Å²) in [6.07, 6.45) is 0. The van der Waals surface area contributed by atoms with Gasteiger partial charge in [-0.25, -0.2) is 0 Å². The van der Waals surface area contributed by atoms with Gasteiger partial charge < -0.3 is 8.83 Å². The second kappa shape index (κ2) is 10.2. The molecule has 0 atom stereocenters. The molecule has 0 radical (unpaired) electrons. The van der Waals surface area contributed by atoms with E-state index in [1.807, 2.05) is 23.5 Å². The number of benzene rings is 8. The van der Waals surface area contributed by atoms with Crippen molar-refractivity contribution in [3.05, 3.63) is 158 Å². The first-order valence-corrected chi connectivity index (χ1v) is 17.4. The van der Waals surface area contributed by atoms with Crippen molar-refractivity contribution in [3.8, 4) is 33.6 Å². The van der Waals surface area contributed by atoms with Gasteiger partial charge in [0.1, 0.15) is 22.5 Å². The van der Waals surface area contributed by atoms with Crippen LogP contribution in [0.5, 0.6) is 0 Å². The SMILES string of the molecule is c1ccc(-c2cc3cc(-c4c5ccccc5c(-c5cccc6c5sc5ccccc56)c5ccccc45)c4oc5ccccc5c4c3o2)cc1. The second-order valence-electron chi connectivity index (χ2n) is 12.7. The average molecular weight is 643 g/mol. The Morgan fingerprint density at radius 3 is 1.73 bits per heavy atom. The number of hydrogen-bond acceptors (Lipinski definition) is 3. The Labute approximate surface area is 285 Å². The molecular weight excluding hydrogens is 617 g/mol. The first-order valence-electron chi connectivity index (χ1n) is 16.6. The maximum Gasteiger partial charge on any atom is 0.147 e. The van der Waals surface area contributed by atoms with Crippen LogP contribution in [0.4, 0.5) is 0 Å². The van der Waals surface area contributed by atoms with E-state index in [0.29, 0.717) is 0 Å². The average Bonchev–Trinajstić information content (AvgIpc) is 3.87. The summed E-state index contributed by atoms with van der Waals surface area (Å²) in [6, 6.07) is 56.4. The topological polar surface area (TPSA) is 26.3 Å². The van der Waals surface area contributed by atoms with Crippen LogP contribution in [0.2, 0.25) is 0 Å². The largest absolute Gasteiger partial charge is 0.455 e. The minimum absolute atomic E-state index is 0.845. The van der Waals surface area contributed by atoms with Gasteiger partial charge in [-0.1, -0.05) is 133 Å². The predicted molar refractivity (Wildman–Crippen MR) is 208 cm³/mol. The van der Waals surface area contributed by atoms with Crippen LogP contribution in [0.3, 0.4) is 0 Å². The van der Waals surface area contributed by atoms with Crippen LogP contribution in [0.15, 0.2) is 167 Å². The molecular formula is C46H26O2S. The lowest BCUT2D eigenvalue weighted by atomic mass is 9.85. The molecule has 0 saturated heterocycles. The van der Waals surface area contributed by atoms with Crippen molar-refractivity contribution in [2.75, 3.05) is 0 Å². The normalized spacial score (nSPS) is 12.1. The lowest BCUT2D eigenvalue weighted by Gasteiger charge is -2.18. The lowest BCUT2D eigenvalue weighted by molar-refractivity contribution is 0.633. The summed E-state index contributed by atoms with van der Waals surface area (Å²) < 4.78 is 16.1. The van der Waals surface area contributed by atoms with Crippen LogP contribution in [0.1, 0.15) is 0 Å². The maximum absolute atomic E-state index is 6.81. The molecule has 0 spiro atoms. The number of hydrogen-bond donors (Lipinski definition) is 0. The van der Waals surface area contributed by atoms with Gasteiger partial charge in [-0.05, 0) is 51.4 Å². The van der Waals surface area contributed by atoms with Crippen LogP contribution in [-0.4, -0.2) is 0 Å². The molecule has 0 aliphatic heterocycles. The highest BCUT2D eigenvalue weighted by atomic mass is 32.1. The molecule has 0 amide bonds. The Kier molecular flexibility index (Phi) is 5.57. The summed E-state index contributed by atoms with van der Waals surface area (Å²) in [5, 5.41) is 10.6. The summed E-state index contributed by atoms with van der Waals surface area (Å²) in [5.41, 5.74) is 8.38. The summed E-state index contributed by atoms with van der Waals surface area (Å²) in [7, 11) is 0. The van der Waals surface area contributed by atoms with E-state index in [1.165, 1.54) is 58.4 Å². The molecule has 3 heterocycles. The van der Waals surface area contributed by atoms with Crippen molar-refractivity contribution in [3.63, 3.8) is 0 Å². The fourth-order valence-corrected chi connectivity index (χ4v) is 9.19. The Morgan fingerprint density at radius 1 is 0.408 bits per heavy atom. The van der Waals surface area contributed by atoms with Crippen molar-refractivity contribution in [2.24, 2.45) is 0 Å². The van der Waals surface area contributed by atoms with Crippen LogP contribution in [0.25, 0.3) is 108 Å². The van der Waals surface area contributed by atoms with Crippen molar-refractivity contribution in [2.45, 2.75) is 0 Å². The third-order valence-corrected chi connectivity index (χ3v) is 11.3. The summed E-state index contributed by atoms with van der Waals surface area (Å²) >= 11 is 1.88. The molecule has 11 aromatic rings. The van der Waals surface area contributed by atoms with E-state index in [2.05, 4.69) is 146 Å². The van der Waals surface area contributed by atoms with Gasteiger partial charge in [0.05, 0.1) is 5.39 Å². The van der Waals surface area contributed by atoms with E-state index < -0.39 is 0 Å². The predicted octanol–water partition coefficient (Wildman–Crippen LogP) is 14.0. The highest BCUT2D eigenvalue weighted by Gasteiger charge is 2.24. The van der Waals surface area contributed by atoms with Gasteiger partial charge >= 0.3 is 0 Å². The van der Waals surface area contributed by atoms with Crippen molar-refractivity contribution < 1.29 is 8.83 Å². The zero-order valence-electron chi connectivity index (χ0n) is 26.2. The van der Waals surface area contributed by atoms with Crippen LogP contribution in [-0.2, 0) is 0 Å². The summed E-state index contributed by atoms with van der Waals surface area (Å²) in [5.74, 6) is 0.848. The van der Waals surface area contributed by atoms with Crippen molar-refractivity contribution in [1.29, 1.82) is 0 Å². The first-order chi connectivity index (χ1) is 24.3. The number of thiophene rings is 1. The monoisotopic (exact) mass is 642 g/mol. The van der Waals surface area contributed by atoms with Gasteiger partial charge in [-0.3, -0.25) is 0 Å². The zero-order valence-corrected chi connectivity index (χ0v) is 27.1. The lowest BCUT2D eigenvalue weighted by Crippen LogP contribution is -1.91. The summed E-state index contributed by atoms with van der Waals surface area (Å²) in [4.78, 5) is 0. The van der Waals surface area contributed by atoms with Crippen LogP contribution in [0, 0.1) is 0 Å². The smallest absolute Gasteiger partial charge is 0.147 e. The molecule has 11 rings (SSSR count). The second-order valence-corrected chi connectivity index (χ2v) is 13.8. The molecule has 3 aromatic heterocycles. The fourth-order valence-electron chi connectivity index (χ4n) is 7.97. The molecule has 228 valence electrons. The fraction of sp³-hybridized carbons (Fsp3) is 0. The minimum atomic E-state index is 0.845. The van der Waals surface area contributed by atoms with E-state index in [1.54, 1.807) is 0 Å². The molecule has 0 fully saturated rings. The van der Waals surface area contributed by atoms with Crippen molar-refractivity contribution >= 4 is 86.0 Å². The number of rotatable bonds is 3. The maximum atomic E-state index is 6.81. The molecule has 0 aliphatic rings. The molecule has 3 heteroatoms. The quantitative estimate of drug-likeness (QED) is 0.179. The van der Waals surface area contributed by atoms with Crippen LogP contribution < -0.4 is 0 Å². The van der Waals surface area contributed by atoms with E-state index in [0.717, 1.165) is 49.8 Å². The number of para-hydroxylation sites is 1. The molecule has 0 N–H and O–H groups in total. The molecule has 2 nitrogen and oxygen atoms in total. The zero-order chi connectivity index (χ0) is 32.1. The van der Waals surface area contributed by atoms with Gasteiger partial charge in [0.2, 0.25) is 0 Å². The van der Waals surface area contributed by atoms with Crippen LogP contribution >= 0.6 is 11.3 Å². The number of fused-ring (bicyclic) bond motifs is 10. The highest BCUT2D eigenvalue weighted by Crippen LogP contribution is 2.50. The third kappa shape index (κ3) is 3.82. The third-order valence-electron chi connectivity index (χ3n) is 10.1. The standard InChI is InChI=1S/C46H26O2S/c1-2-13-27(14-3-1)39-26-28-25-37(45-43(44(28)48-39)35-20-8-10-23-38(35)47-45)42-32-18-6-4-16-30(32)41(31-17-5-7-19-33(31)42)36-22-12-21-34-29-15-9-11-24-40(29)49-46(34)36/h1-26H.